The van der Waals surface area contributed by atoms with Gasteiger partial charge in [-0.25, -0.2) is 13.8 Å². The first-order valence-corrected chi connectivity index (χ1v) is 8.68. The average Bonchev–Trinajstić information content (AvgIpc) is 3.34. The Morgan fingerprint density at radius 1 is 1.32 bits per heavy atom. The van der Waals surface area contributed by atoms with E-state index in [4.69, 9.17) is 10.3 Å². The molecule has 9 heteroatoms. The molecule has 7 nitrogen and oxygen atoms in total. The Labute approximate surface area is 159 Å². The van der Waals surface area contributed by atoms with Crippen molar-refractivity contribution in [1.82, 2.24) is 15.1 Å². The lowest BCUT2D eigenvalue weighted by Crippen LogP contribution is -2.13. The molecule has 1 saturated carbocycles. The van der Waals surface area contributed by atoms with Gasteiger partial charge in [-0.15, -0.1) is 0 Å². The van der Waals surface area contributed by atoms with Gasteiger partial charge in [0.05, 0.1) is 5.56 Å². The standard InChI is InChI=1S/C19H17F2N5O2/c1-9-2-3-10(17-25-19(28-26-17)13-7-12(13)16(20)21)6-14(9)24-18(27)11-4-5-15(22)23-8-11/h2-6,8,12-13,16H,7H2,1H3,(H2,22,23)(H,24,27)/t12-,13-/m0/s1. The second kappa shape index (κ2) is 6.99. The Hall–Kier alpha value is -3.36. The molecule has 1 aliphatic carbocycles. The van der Waals surface area contributed by atoms with Gasteiger partial charge < -0.3 is 15.6 Å². The SMILES string of the molecule is Cc1ccc(-c2noc([C@H]3C[C@@H]3C(F)F)n2)cc1NC(=O)c1ccc(N)nc1. The summed E-state index contributed by atoms with van der Waals surface area (Å²) >= 11 is 0. The highest BCUT2D eigenvalue weighted by molar-refractivity contribution is 6.04. The van der Waals surface area contributed by atoms with Crippen molar-refractivity contribution in [2.75, 3.05) is 11.1 Å². The van der Waals surface area contributed by atoms with Crippen LogP contribution in [0, 0.1) is 12.8 Å². The fraction of sp³-hybridized carbons (Fsp3) is 0.263. The summed E-state index contributed by atoms with van der Waals surface area (Å²) in [6, 6.07) is 8.42. The number of pyridine rings is 1. The Morgan fingerprint density at radius 2 is 2.14 bits per heavy atom. The van der Waals surface area contributed by atoms with E-state index >= 15 is 0 Å². The van der Waals surface area contributed by atoms with E-state index in [2.05, 4.69) is 20.4 Å². The number of halogens is 2. The van der Waals surface area contributed by atoms with Crippen LogP contribution in [0.4, 0.5) is 20.3 Å². The van der Waals surface area contributed by atoms with Crippen molar-refractivity contribution in [3.8, 4) is 11.4 Å². The monoisotopic (exact) mass is 385 g/mol. The number of aromatic nitrogens is 3. The summed E-state index contributed by atoms with van der Waals surface area (Å²) in [6.07, 6.45) is -0.640. The lowest BCUT2D eigenvalue weighted by Gasteiger charge is -2.09. The molecule has 1 fully saturated rings. The van der Waals surface area contributed by atoms with Crippen molar-refractivity contribution in [2.24, 2.45) is 5.92 Å². The van der Waals surface area contributed by atoms with Crippen LogP contribution in [0.1, 0.15) is 34.2 Å². The average molecular weight is 385 g/mol. The fourth-order valence-corrected chi connectivity index (χ4v) is 2.91. The van der Waals surface area contributed by atoms with Crippen LogP contribution in [-0.2, 0) is 0 Å². The fourth-order valence-electron chi connectivity index (χ4n) is 2.91. The van der Waals surface area contributed by atoms with Crippen molar-refractivity contribution in [1.29, 1.82) is 0 Å². The van der Waals surface area contributed by atoms with Crippen LogP contribution in [0.5, 0.6) is 0 Å². The summed E-state index contributed by atoms with van der Waals surface area (Å²) in [6.45, 7) is 1.85. The molecule has 2 atom stereocenters. The van der Waals surface area contributed by atoms with Gasteiger partial charge in [-0.1, -0.05) is 17.3 Å². The summed E-state index contributed by atoms with van der Waals surface area (Å²) < 4.78 is 30.6. The maximum Gasteiger partial charge on any atom is 0.257 e. The lowest BCUT2D eigenvalue weighted by atomic mass is 10.1. The van der Waals surface area contributed by atoms with E-state index in [1.807, 2.05) is 6.92 Å². The van der Waals surface area contributed by atoms with Crippen LogP contribution in [-0.4, -0.2) is 27.5 Å². The van der Waals surface area contributed by atoms with Crippen molar-refractivity contribution in [3.63, 3.8) is 0 Å². The molecule has 0 spiro atoms. The van der Waals surface area contributed by atoms with E-state index < -0.39 is 12.3 Å². The van der Waals surface area contributed by atoms with Gasteiger partial charge >= 0.3 is 0 Å². The first-order valence-electron chi connectivity index (χ1n) is 8.68. The van der Waals surface area contributed by atoms with E-state index in [0.29, 0.717) is 34.9 Å². The number of nitrogen functional groups attached to an aromatic ring is 1. The summed E-state index contributed by atoms with van der Waals surface area (Å²) in [5.74, 6) is -0.593. The topological polar surface area (TPSA) is 107 Å². The molecule has 4 rings (SSSR count). The number of hydrogen-bond acceptors (Lipinski definition) is 6. The molecule has 0 saturated heterocycles. The van der Waals surface area contributed by atoms with Crippen molar-refractivity contribution in [2.45, 2.75) is 25.7 Å². The van der Waals surface area contributed by atoms with E-state index in [0.717, 1.165) is 5.56 Å². The second-order valence-electron chi connectivity index (χ2n) is 6.75. The number of rotatable bonds is 5. The molecule has 0 radical (unpaired) electrons. The highest BCUT2D eigenvalue weighted by Gasteiger charge is 2.48. The Balaban J connectivity index is 1.53. The molecular weight excluding hydrogens is 368 g/mol. The number of hydrogen-bond donors (Lipinski definition) is 2. The smallest absolute Gasteiger partial charge is 0.257 e. The molecule has 28 heavy (non-hydrogen) atoms. The van der Waals surface area contributed by atoms with Crippen LogP contribution in [0.25, 0.3) is 11.4 Å². The van der Waals surface area contributed by atoms with E-state index in [9.17, 15) is 13.6 Å². The predicted molar refractivity (Wildman–Crippen MR) is 97.9 cm³/mol. The minimum atomic E-state index is -2.38. The van der Waals surface area contributed by atoms with Gasteiger partial charge in [0, 0.05) is 29.3 Å². The molecule has 1 aliphatic rings. The number of amides is 1. The minimum absolute atomic E-state index is 0.222. The molecule has 2 aromatic heterocycles. The third-order valence-corrected chi connectivity index (χ3v) is 4.71. The first-order chi connectivity index (χ1) is 13.4. The highest BCUT2D eigenvalue weighted by Crippen LogP contribution is 2.50. The van der Waals surface area contributed by atoms with Gasteiger partial charge in [-0.3, -0.25) is 4.79 Å². The minimum Gasteiger partial charge on any atom is -0.384 e. The zero-order valence-electron chi connectivity index (χ0n) is 14.9. The first kappa shape index (κ1) is 18.0. The number of aryl methyl sites for hydroxylation is 1. The van der Waals surface area contributed by atoms with Gasteiger partial charge in [0.25, 0.3) is 5.91 Å². The zero-order chi connectivity index (χ0) is 19.8. The van der Waals surface area contributed by atoms with Crippen LogP contribution in [0.2, 0.25) is 0 Å². The number of nitrogens with one attached hydrogen (secondary N) is 1. The van der Waals surface area contributed by atoms with Gasteiger partial charge in [0.1, 0.15) is 5.82 Å². The normalized spacial score (nSPS) is 18.3. The molecule has 3 aromatic rings. The van der Waals surface area contributed by atoms with Gasteiger partial charge in [-0.05, 0) is 37.1 Å². The molecule has 2 heterocycles. The predicted octanol–water partition coefficient (Wildman–Crippen LogP) is 3.64. The van der Waals surface area contributed by atoms with Crippen molar-refractivity contribution < 1.29 is 18.1 Å². The third-order valence-electron chi connectivity index (χ3n) is 4.71. The van der Waals surface area contributed by atoms with Gasteiger partial charge in [0.2, 0.25) is 18.1 Å². The number of anilines is 2. The molecule has 0 unspecified atom stereocenters. The quantitative estimate of drug-likeness (QED) is 0.694. The summed E-state index contributed by atoms with van der Waals surface area (Å²) in [7, 11) is 0. The Morgan fingerprint density at radius 3 is 2.82 bits per heavy atom. The molecule has 144 valence electrons. The third kappa shape index (κ3) is 3.55. The Bertz CT molecular complexity index is 1020. The van der Waals surface area contributed by atoms with Crippen LogP contribution in [0.15, 0.2) is 41.1 Å². The van der Waals surface area contributed by atoms with Gasteiger partial charge in [0.15, 0.2) is 0 Å². The second-order valence-corrected chi connectivity index (χ2v) is 6.75. The molecule has 1 amide bonds. The highest BCUT2D eigenvalue weighted by atomic mass is 19.3. The summed E-state index contributed by atoms with van der Waals surface area (Å²) in [5, 5.41) is 6.71. The van der Waals surface area contributed by atoms with Crippen molar-refractivity contribution >= 4 is 17.4 Å². The number of benzene rings is 1. The summed E-state index contributed by atoms with van der Waals surface area (Å²) in [4.78, 5) is 20.6. The zero-order valence-corrected chi connectivity index (χ0v) is 14.9. The lowest BCUT2D eigenvalue weighted by molar-refractivity contribution is 0.102. The maximum atomic E-state index is 12.7. The largest absolute Gasteiger partial charge is 0.384 e. The summed E-state index contributed by atoms with van der Waals surface area (Å²) in [5.41, 5.74) is 7.92. The van der Waals surface area contributed by atoms with E-state index in [1.54, 1.807) is 30.3 Å². The van der Waals surface area contributed by atoms with Crippen LogP contribution in [0.3, 0.4) is 0 Å². The number of nitrogens with zero attached hydrogens (tertiary/aromatic N) is 3. The molecule has 0 bridgehead atoms. The Kier molecular flexibility index (Phi) is 4.50. The van der Waals surface area contributed by atoms with Gasteiger partial charge in [-0.2, -0.15) is 4.98 Å². The molecular formula is C19H17F2N5O2. The number of nitrogens with two attached hydrogens (primary N) is 1. The van der Waals surface area contributed by atoms with E-state index in [-0.39, 0.29) is 17.7 Å². The number of carbonyl (C=O) groups is 1. The maximum absolute atomic E-state index is 12.7. The van der Waals surface area contributed by atoms with Crippen LogP contribution < -0.4 is 11.1 Å². The molecule has 1 aromatic carbocycles. The van der Waals surface area contributed by atoms with Crippen LogP contribution >= 0.6 is 0 Å². The van der Waals surface area contributed by atoms with Crippen molar-refractivity contribution in [3.05, 3.63) is 53.5 Å². The number of carbonyl (C=O) groups excluding carboxylic acids is 1. The molecule has 0 aliphatic heterocycles. The van der Waals surface area contributed by atoms with E-state index in [1.165, 1.54) is 6.20 Å². The molecule has 3 N–H and O–H groups in total. The number of alkyl halides is 2.